The number of hydrogen-bond acceptors (Lipinski definition) is 5. The number of hydrogen-bond donors (Lipinski definition) is 1. The summed E-state index contributed by atoms with van der Waals surface area (Å²) in [7, 11) is 0. The number of anilines is 1. The van der Waals surface area contributed by atoms with Crippen molar-refractivity contribution in [2.24, 2.45) is 5.92 Å². The van der Waals surface area contributed by atoms with Gasteiger partial charge in [0.05, 0.1) is 5.75 Å². The Labute approximate surface area is 176 Å². The molecular formula is C23H27NO4S. The highest BCUT2D eigenvalue weighted by Gasteiger charge is 2.12. The Morgan fingerprint density at radius 3 is 2.34 bits per heavy atom. The van der Waals surface area contributed by atoms with Gasteiger partial charge in [-0.15, -0.1) is 11.8 Å². The zero-order valence-corrected chi connectivity index (χ0v) is 18.1. The number of ether oxygens (including phenoxy) is 1. The molecule has 0 aliphatic carbocycles. The van der Waals surface area contributed by atoms with Crippen LogP contribution in [0.5, 0.6) is 0 Å². The summed E-state index contributed by atoms with van der Waals surface area (Å²) >= 11 is 1.40. The summed E-state index contributed by atoms with van der Waals surface area (Å²) in [5, 5.41) is 2.79. The van der Waals surface area contributed by atoms with Crippen LogP contribution in [0.4, 0.5) is 5.69 Å². The number of rotatable bonds is 9. The minimum atomic E-state index is -0.430. The van der Waals surface area contributed by atoms with Gasteiger partial charge in [0.25, 0.3) is 0 Å². The van der Waals surface area contributed by atoms with E-state index in [1.165, 1.54) is 17.3 Å². The lowest BCUT2D eigenvalue weighted by Crippen LogP contribution is -2.16. The SMILES string of the molecule is Cc1ccc(SCC(=O)OCC(=O)c2ccc(NC(=O)CC(C)C)cc2)c(C)c1. The van der Waals surface area contributed by atoms with Crippen LogP contribution in [0.1, 0.15) is 41.8 Å². The summed E-state index contributed by atoms with van der Waals surface area (Å²) in [6.45, 7) is 7.67. The fourth-order valence-corrected chi connectivity index (χ4v) is 3.50. The van der Waals surface area contributed by atoms with Crippen molar-refractivity contribution in [1.29, 1.82) is 0 Å². The molecule has 5 nitrogen and oxygen atoms in total. The van der Waals surface area contributed by atoms with Crippen molar-refractivity contribution in [3.05, 3.63) is 59.2 Å². The topological polar surface area (TPSA) is 72.5 Å². The van der Waals surface area contributed by atoms with Gasteiger partial charge in [0.15, 0.2) is 12.4 Å². The van der Waals surface area contributed by atoms with Crippen molar-refractivity contribution in [2.45, 2.75) is 39.0 Å². The Bertz CT molecular complexity index is 875. The standard InChI is InChI=1S/C23H27NO4S/c1-15(2)11-22(26)24-19-8-6-18(7-9-19)20(25)13-28-23(27)14-29-21-10-5-16(3)12-17(21)4/h5-10,12,15H,11,13-14H2,1-4H3,(H,24,26). The second-order valence-corrected chi connectivity index (χ2v) is 8.38. The van der Waals surface area contributed by atoms with Crippen LogP contribution in [0.15, 0.2) is 47.4 Å². The Hall–Kier alpha value is -2.60. The third-order valence-corrected chi connectivity index (χ3v) is 5.27. The maximum atomic E-state index is 12.2. The van der Waals surface area contributed by atoms with E-state index in [0.29, 0.717) is 17.7 Å². The molecule has 2 aromatic carbocycles. The highest BCUT2D eigenvalue weighted by Crippen LogP contribution is 2.23. The molecule has 0 saturated heterocycles. The number of esters is 1. The lowest BCUT2D eigenvalue weighted by atomic mass is 10.1. The molecule has 6 heteroatoms. The zero-order chi connectivity index (χ0) is 21.4. The lowest BCUT2D eigenvalue weighted by Gasteiger charge is -2.09. The van der Waals surface area contributed by atoms with Crippen LogP contribution in [0, 0.1) is 19.8 Å². The fourth-order valence-electron chi connectivity index (χ4n) is 2.69. The smallest absolute Gasteiger partial charge is 0.316 e. The number of thioether (sulfide) groups is 1. The maximum absolute atomic E-state index is 12.2. The lowest BCUT2D eigenvalue weighted by molar-refractivity contribution is -0.139. The first-order valence-corrected chi connectivity index (χ1v) is 10.5. The molecule has 1 N–H and O–H groups in total. The first-order valence-electron chi connectivity index (χ1n) is 9.53. The van der Waals surface area contributed by atoms with Crippen molar-refractivity contribution < 1.29 is 19.1 Å². The average molecular weight is 414 g/mol. The highest BCUT2D eigenvalue weighted by molar-refractivity contribution is 8.00. The Morgan fingerprint density at radius 1 is 1.03 bits per heavy atom. The van der Waals surface area contributed by atoms with Gasteiger partial charge >= 0.3 is 5.97 Å². The van der Waals surface area contributed by atoms with E-state index in [1.54, 1.807) is 24.3 Å². The van der Waals surface area contributed by atoms with E-state index in [1.807, 2.05) is 39.8 Å². The van der Waals surface area contributed by atoms with Gasteiger partial charge in [-0.2, -0.15) is 0 Å². The fraction of sp³-hybridized carbons (Fsp3) is 0.348. The normalized spacial score (nSPS) is 10.7. The summed E-state index contributed by atoms with van der Waals surface area (Å²) in [6, 6.07) is 12.6. The number of carbonyl (C=O) groups excluding carboxylic acids is 3. The Morgan fingerprint density at radius 2 is 1.72 bits per heavy atom. The number of Topliss-reactive ketones (excluding diaryl/α,β-unsaturated/α-hetero) is 1. The average Bonchev–Trinajstić information content (AvgIpc) is 2.65. The molecule has 0 unspecified atom stereocenters. The van der Waals surface area contributed by atoms with Crippen LogP contribution >= 0.6 is 11.8 Å². The van der Waals surface area contributed by atoms with Crippen molar-refractivity contribution in [3.8, 4) is 0 Å². The molecule has 0 atom stereocenters. The van der Waals surface area contributed by atoms with Crippen LogP contribution in [0.25, 0.3) is 0 Å². The second kappa shape index (κ2) is 10.8. The Kier molecular flexibility index (Phi) is 8.46. The molecule has 29 heavy (non-hydrogen) atoms. The molecule has 0 radical (unpaired) electrons. The third-order valence-electron chi connectivity index (χ3n) is 4.12. The molecular weight excluding hydrogens is 386 g/mol. The molecule has 0 spiro atoms. The number of aryl methyl sites for hydroxylation is 2. The first-order chi connectivity index (χ1) is 13.7. The summed E-state index contributed by atoms with van der Waals surface area (Å²) in [5.74, 6) is -0.346. The van der Waals surface area contributed by atoms with Crippen molar-refractivity contribution in [1.82, 2.24) is 0 Å². The van der Waals surface area contributed by atoms with E-state index >= 15 is 0 Å². The van der Waals surface area contributed by atoms with Gasteiger partial charge in [0.1, 0.15) is 0 Å². The van der Waals surface area contributed by atoms with E-state index in [2.05, 4.69) is 11.4 Å². The van der Waals surface area contributed by atoms with Gasteiger partial charge < -0.3 is 10.1 Å². The van der Waals surface area contributed by atoms with Gasteiger partial charge in [-0.25, -0.2) is 0 Å². The van der Waals surface area contributed by atoms with Crippen molar-refractivity contribution in [3.63, 3.8) is 0 Å². The third kappa shape index (κ3) is 7.74. The number of amides is 1. The quantitative estimate of drug-likeness (QED) is 0.363. The van der Waals surface area contributed by atoms with Crippen LogP contribution in [0.2, 0.25) is 0 Å². The predicted octanol–water partition coefficient (Wildman–Crippen LogP) is 4.81. The number of carbonyl (C=O) groups is 3. The molecule has 0 aliphatic rings. The van der Waals surface area contributed by atoms with E-state index in [-0.39, 0.29) is 30.0 Å². The number of ketones is 1. The molecule has 0 fully saturated rings. The molecule has 0 bridgehead atoms. The first kappa shape index (κ1) is 22.7. The van der Waals surface area contributed by atoms with Crippen molar-refractivity contribution >= 4 is 35.1 Å². The van der Waals surface area contributed by atoms with E-state index < -0.39 is 5.97 Å². The Balaban J connectivity index is 1.79. The molecule has 2 aromatic rings. The van der Waals surface area contributed by atoms with E-state index in [0.717, 1.165) is 10.5 Å². The largest absolute Gasteiger partial charge is 0.457 e. The van der Waals surface area contributed by atoms with Crippen LogP contribution in [-0.2, 0) is 14.3 Å². The van der Waals surface area contributed by atoms with E-state index in [4.69, 9.17) is 4.74 Å². The van der Waals surface area contributed by atoms with E-state index in [9.17, 15) is 14.4 Å². The summed E-state index contributed by atoms with van der Waals surface area (Å²) in [5.41, 5.74) is 3.35. The van der Waals surface area contributed by atoms with Gasteiger partial charge in [-0.1, -0.05) is 31.5 Å². The minimum absolute atomic E-state index is 0.0608. The monoisotopic (exact) mass is 413 g/mol. The summed E-state index contributed by atoms with van der Waals surface area (Å²) in [4.78, 5) is 37.0. The number of benzene rings is 2. The summed E-state index contributed by atoms with van der Waals surface area (Å²) in [6.07, 6.45) is 0.441. The van der Waals surface area contributed by atoms with Crippen LogP contribution in [-0.4, -0.2) is 30.0 Å². The molecule has 0 aliphatic heterocycles. The molecule has 0 aromatic heterocycles. The van der Waals surface area contributed by atoms with Gasteiger partial charge in [0.2, 0.25) is 5.91 Å². The summed E-state index contributed by atoms with van der Waals surface area (Å²) < 4.78 is 5.10. The highest BCUT2D eigenvalue weighted by atomic mass is 32.2. The van der Waals surface area contributed by atoms with Crippen LogP contribution in [0.3, 0.4) is 0 Å². The molecule has 2 rings (SSSR count). The van der Waals surface area contributed by atoms with Gasteiger partial charge in [-0.3, -0.25) is 14.4 Å². The zero-order valence-electron chi connectivity index (χ0n) is 17.3. The maximum Gasteiger partial charge on any atom is 0.316 e. The molecule has 1 amide bonds. The molecule has 154 valence electrons. The minimum Gasteiger partial charge on any atom is -0.457 e. The van der Waals surface area contributed by atoms with Crippen molar-refractivity contribution in [2.75, 3.05) is 17.7 Å². The molecule has 0 saturated carbocycles. The van der Waals surface area contributed by atoms with Gasteiger partial charge in [-0.05, 0) is 55.7 Å². The number of nitrogens with one attached hydrogen (secondary N) is 1. The predicted molar refractivity (Wildman–Crippen MR) is 116 cm³/mol. The second-order valence-electron chi connectivity index (χ2n) is 7.36. The van der Waals surface area contributed by atoms with Gasteiger partial charge in [0, 0.05) is 22.6 Å². The van der Waals surface area contributed by atoms with Crippen LogP contribution < -0.4 is 5.32 Å². The molecule has 0 heterocycles.